The molecule has 9 heteroatoms. The van der Waals surface area contributed by atoms with Gasteiger partial charge in [-0.3, -0.25) is 4.79 Å². The first-order valence-electron chi connectivity index (χ1n) is 8.99. The van der Waals surface area contributed by atoms with Gasteiger partial charge >= 0.3 is 0 Å². The number of hydrogen-bond donors (Lipinski definition) is 1. The van der Waals surface area contributed by atoms with Gasteiger partial charge in [0.05, 0.1) is 4.90 Å². The van der Waals surface area contributed by atoms with Gasteiger partial charge in [0, 0.05) is 43.5 Å². The highest BCUT2D eigenvalue weighted by Gasteiger charge is 2.27. The Balaban J connectivity index is 1.66. The molecule has 1 aliphatic heterocycles. The molecule has 0 aliphatic carbocycles. The van der Waals surface area contributed by atoms with E-state index >= 15 is 0 Å². The van der Waals surface area contributed by atoms with Crippen LogP contribution in [-0.2, 0) is 14.8 Å². The SMILES string of the molecule is CN1CCN(S(=O)(=O)c2ccc(NC(=O)/C=C/c3c(F)cccc3F)cc2)CC1. The van der Waals surface area contributed by atoms with Gasteiger partial charge in [0.2, 0.25) is 15.9 Å². The average molecular weight is 421 g/mol. The Labute approximate surface area is 168 Å². The van der Waals surface area contributed by atoms with Crippen molar-refractivity contribution in [3.8, 4) is 0 Å². The molecule has 154 valence electrons. The lowest BCUT2D eigenvalue weighted by atomic mass is 10.2. The van der Waals surface area contributed by atoms with Crippen molar-refractivity contribution in [1.29, 1.82) is 0 Å². The van der Waals surface area contributed by atoms with E-state index in [2.05, 4.69) is 10.2 Å². The zero-order valence-electron chi connectivity index (χ0n) is 15.8. The molecule has 0 bridgehead atoms. The fourth-order valence-corrected chi connectivity index (χ4v) is 4.32. The number of sulfonamides is 1. The standard InChI is InChI=1S/C20H21F2N3O3S/c1-24-11-13-25(14-12-24)29(27,28)16-7-5-15(6-8-16)23-20(26)10-9-17-18(21)3-2-4-19(17)22/h2-10H,11-14H2,1H3,(H,23,26)/b10-9+. The second kappa shape index (κ2) is 8.81. The summed E-state index contributed by atoms with van der Waals surface area (Å²) in [6, 6.07) is 9.21. The summed E-state index contributed by atoms with van der Waals surface area (Å²) in [4.78, 5) is 14.2. The molecule has 1 fully saturated rings. The lowest BCUT2D eigenvalue weighted by Gasteiger charge is -2.31. The van der Waals surface area contributed by atoms with E-state index in [4.69, 9.17) is 0 Å². The quantitative estimate of drug-likeness (QED) is 0.754. The number of carbonyl (C=O) groups is 1. The molecule has 3 rings (SSSR count). The second-order valence-corrected chi connectivity index (χ2v) is 8.63. The van der Waals surface area contributed by atoms with Crippen LogP contribution in [0.2, 0.25) is 0 Å². The number of piperazine rings is 1. The molecule has 0 atom stereocenters. The van der Waals surface area contributed by atoms with Crippen molar-refractivity contribution in [2.24, 2.45) is 0 Å². The smallest absolute Gasteiger partial charge is 0.248 e. The van der Waals surface area contributed by atoms with Crippen LogP contribution in [0.5, 0.6) is 0 Å². The minimum Gasteiger partial charge on any atom is -0.323 e. The van der Waals surface area contributed by atoms with Crippen molar-refractivity contribution in [1.82, 2.24) is 9.21 Å². The van der Waals surface area contributed by atoms with E-state index in [-0.39, 0.29) is 10.5 Å². The Kier molecular flexibility index (Phi) is 6.41. The molecule has 1 heterocycles. The summed E-state index contributed by atoms with van der Waals surface area (Å²) in [6.45, 7) is 2.19. The van der Waals surface area contributed by atoms with Crippen LogP contribution in [0.1, 0.15) is 5.56 Å². The summed E-state index contributed by atoms with van der Waals surface area (Å²) in [7, 11) is -1.65. The van der Waals surface area contributed by atoms with Crippen molar-refractivity contribution in [2.45, 2.75) is 4.90 Å². The van der Waals surface area contributed by atoms with Gasteiger partial charge in [-0.25, -0.2) is 17.2 Å². The second-order valence-electron chi connectivity index (χ2n) is 6.69. The van der Waals surface area contributed by atoms with E-state index in [9.17, 15) is 22.0 Å². The van der Waals surface area contributed by atoms with Crippen molar-refractivity contribution in [3.05, 3.63) is 65.7 Å². The van der Waals surface area contributed by atoms with E-state index < -0.39 is 27.6 Å². The van der Waals surface area contributed by atoms with Crippen LogP contribution in [-0.4, -0.2) is 56.8 Å². The summed E-state index contributed by atoms with van der Waals surface area (Å²) in [5.74, 6) is -2.14. The first-order valence-corrected chi connectivity index (χ1v) is 10.4. The van der Waals surface area contributed by atoms with E-state index in [1.165, 1.54) is 34.6 Å². The predicted octanol–water partition coefficient (Wildman–Crippen LogP) is 2.55. The number of rotatable bonds is 5. The molecular weight excluding hydrogens is 400 g/mol. The van der Waals surface area contributed by atoms with Gasteiger partial charge in [-0.15, -0.1) is 0 Å². The van der Waals surface area contributed by atoms with Crippen molar-refractivity contribution in [3.63, 3.8) is 0 Å². The molecule has 0 aromatic heterocycles. The van der Waals surface area contributed by atoms with Crippen molar-refractivity contribution in [2.75, 3.05) is 38.5 Å². The van der Waals surface area contributed by atoms with Crippen LogP contribution in [0.4, 0.5) is 14.5 Å². The van der Waals surface area contributed by atoms with E-state index in [1.807, 2.05) is 7.05 Å². The fourth-order valence-electron chi connectivity index (χ4n) is 2.90. The van der Waals surface area contributed by atoms with Crippen LogP contribution in [0.15, 0.2) is 53.4 Å². The Bertz CT molecular complexity index is 996. The van der Waals surface area contributed by atoms with Gasteiger partial charge in [-0.05, 0) is 49.5 Å². The lowest BCUT2D eigenvalue weighted by Crippen LogP contribution is -2.46. The fraction of sp³-hybridized carbons (Fsp3) is 0.250. The number of halogens is 2. The van der Waals surface area contributed by atoms with Crippen LogP contribution in [0.3, 0.4) is 0 Å². The minimum absolute atomic E-state index is 0.143. The van der Waals surface area contributed by atoms with Gasteiger partial charge in [0.25, 0.3) is 0 Å². The van der Waals surface area contributed by atoms with Crippen LogP contribution in [0.25, 0.3) is 6.08 Å². The number of hydrogen-bond acceptors (Lipinski definition) is 4. The maximum absolute atomic E-state index is 13.6. The topological polar surface area (TPSA) is 69.7 Å². The monoisotopic (exact) mass is 421 g/mol. The molecule has 0 radical (unpaired) electrons. The number of likely N-dealkylation sites (N-methyl/N-ethyl adjacent to an activating group) is 1. The Morgan fingerprint density at radius 2 is 1.59 bits per heavy atom. The third kappa shape index (κ3) is 5.06. The highest BCUT2D eigenvalue weighted by atomic mass is 32.2. The van der Waals surface area contributed by atoms with Gasteiger partial charge in [-0.1, -0.05) is 6.07 Å². The number of anilines is 1. The molecule has 2 aromatic carbocycles. The summed E-state index contributed by atoms with van der Waals surface area (Å²) < 4.78 is 54.0. The molecule has 1 amide bonds. The predicted molar refractivity (Wildman–Crippen MR) is 107 cm³/mol. The Morgan fingerprint density at radius 3 is 2.17 bits per heavy atom. The molecule has 1 N–H and O–H groups in total. The maximum Gasteiger partial charge on any atom is 0.248 e. The number of benzene rings is 2. The van der Waals surface area contributed by atoms with Crippen molar-refractivity contribution < 1.29 is 22.0 Å². The highest BCUT2D eigenvalue weighted by Crippen LogP contribution is 2.20. The number of carbonyl (C=O) groups excluding carboxylic acids is 1. The maximum atomic E-state index is 13.6. The molecule has 0 saturated carbocycles. The van der Waals surface area contributed by atoms with Crippen LogP contribution in [0, 0.1) is 11.6 Å². The van der Waals surface area contributed by atoms with Gasteiger partial charge in [-0.2, -0.15) is 4.31 Å². The molecule has 6 nitrogen and oxygen atoms in total. The molecule has 2 aromatic rings. The summed E-state index contributed by atoms with van der Waals surface area (Å²) in [5.41, 5.74) is 0.0576. The zero-order valence-corrected chi connectivity index (χ0v) is 16.6. The summed E-state index contributed by atoms with van der Waals surface area (Å²) in [6.07, 6.45) is 2.06. The highest BCUT2D eigenvalue weighted by molar-refractivity contribution is 7.89. The van der Waals surface area contributed by atoms with Gasteiger partial charge in [0.1, 0.15) is 11.6 Å². The van der Waals surface area contributed by atoms with Crippen molar-refractivity contribution >= 4 is 27.7 Å². The van der Waals surface area contributed by atoms with E-state index in [0.717, 1.165) is 24.3 Å². The Hall–Kier alpha value is -2.62. The molecule has 1 aliphatic rings. The van der Waals surface area contributed by atoms with Crippen LogP contribution < -0.4 is 5.32 Å². The van der Waals surface area contributed by atoms with E-state index in [0.29, 0.717) is 31.9 Å². The summed E-state index contributed by atoms with van der Waals surface area (Å²) in [5, 5.41) is 2.53. The number of nitrogens with zero attached hydrogens (tertiary/aromatic N) is 2. The molecule has 0 spiro atoms. The first kappa shape index (κ1) is 21.1. The average Bonchev–Trinajstić information content (AvgIpc) is 2.68. The third-order valence-corrected chi connectivity index (χ3v) is 6.54. The number of amides is 1. The number of nitrogens with one attached hydrogen (secondary N) is 1. The van der Waals surface area contributed by atoms with Gasteiger partial charge < -0.3 is 10.2 Å². The van der Waals surface area contributed by atoms with Crippen LogP contribution >= 0.6 is 0 Å². The first-order chi connectivity index (χ1) is 13.8. The molecular formula is C20H21F2N3O3S. The molecule has 1 saturated heterocycles. The minimum atomic E-state index is -3.59. The normalized spacial score (nSPS) is 16.2. The van der Waals surface area contributed by atoms with E-state index in [1.54, 1.807) is 0 Å². The molecule has 29 heavy (non-hydrogen) atoms. The Morgan fingerprint density at radius 1 is 1.00 bits per heavy atom. The third-order valence-electron chi connectivity index (χ3n) is 4.62. The lowest BCUT2D eigenvalue weighted by molar-refractivity contribution is -0.111. The largest absolute Gasteiger partial charge is 0.323 e. The zero-order chi connectivity index (χ0) is 21.0. The summed E-state index contributed by atoms with van der Waals surface area (Å²) >= 11 is 0. The molecule has 0 unspecified atom stereocenters. The van der Waals surface area contributed by atoms with Gasteiger partial charge in [0.15, 0.2) is 0 Å².